The fraction of sp³-hybridized carbons (Fsp3) is 0.692. The number of hydrogen-bond donors (Lipinski definition) is 0. The highest BCUT2D eigenvalue weighted by Gasteiger charge is 2.55. The van der Waals surface area contributed by atoms with Crippen LogP contribution in [0.25, 0.3) is 0 Å². The molecule has 106 valence electrons. The molecule has 2 aliphatic heterocycles. The lowest BCUT2D eigenvalue weighted by molar-refractivity contribution is -0.212. The van der Waals surface area contributed by atoms with Gasteiger partial charge in [-0.3, -0.25) is 9.59 Å². The van der Waals surface area contributed by atoms with Crippen LogP contribution < -0.4 is 0 Å². The lowest BCUT2D eigenvalue weighted by Gasteiger charge is -2.23. The predicted molar refractivity (Wildman–Crippen MR) is 64.1 cm³/mol. The highest BCUT2D eigenvalue weighted by Crippen LogP contribution is 2.39. The lowest BCUT2D eigenvalue weighted by Crippen LogP contribution is -2.37. The molecule has 0 saturated carbocycles. The summed E-state index contributed by atoms with van der Waals surface area (Å²) in [5, 5.41) is 0. The van der Waals surface area contributed by atoms with Crippen molar-refractivity contribution in [1.29, 1.82) is 0 Å². The van der Waals surface area contributed by atoms with Crippen LogP contribution in [-0.4, -0.2) is 42.1 Å². The number of ketones is 1. The normalized spacial score (nSPS) is 36.4. The Bertz CT molecular complexity index is 413. The third kappa shape index (κ3) is 3.20. The van der Waals surface area contributed by atoms with Gasteiger partial charge in [0.15, 0.2) is 30.1 Å². The van der Waals surface area contributed by atoms with Gasteiger partial charge in [0.1, 0.15) is 6.10 Å². The molecule has 0 bridgehead atoms. The Hall–Kier alpha value is -1.24. The van der Waals surface area contributed by atoms with E-state index < -0.39 is 36.4 Å². The van der Waals surface area contributed by atoms with Crippen LogP contribution in [0.2, 0.25) is 0 Å². The third-order valence-corrected chi connectivity index (χ3v) is 2.85. The Morgan fingerprint density at radius 2 is 1.89 bits per heavy atom. The largest absolute Gasteiger partial charge is 0.456 e. The van der Waals surface area contributed by atoms with Crippen LogP contribution in [0, 0.1) is 0 Å². The summed E-state index contributed by atoms with van der Waals surface area (Å²) in [6, 6.07) is 0. The molecule has 0 aromatic heterocycles. The first-order valence-corrected chi connectivity index (χ1v) is 6.15. The van der Waals surface area contributed by atoms with E-state index in [9.17, 15) is 9.59 Å². The van der Waals surface area contributed by atoms with Gasteiger partial charge in [0.2, 0.25) is 0 Å². The summed E-state index contributed by atoms with van der Waals surface area (Å²) in [5.41, 5.74) is 0. The predicted octanol–water partition coefficient (Wildman–Crippen LogP) is 0.940. The van der Waals surface area contributed by atoms with Gasteiger partial charge >= 0.3 is 5.97 Å². The molecule has 4 atom stereocenters. The van der Waals surface area contributed by atoms with Crippen molar-refractivity contribution in [3.8, 4) is 0 Å². The molecule has 19 heavy (non-hydrogen) atoms. The van der Waals surface area contributed by atoms with E-state index in [0.717, 1.165) is 0 Å². The van der Waals surface area contributed by atoms with E-state index in [1.165, 1.54) is 19.9 Å². The van der Waals surface area contributed by atoms with Crippen molar-refractivity contribution in [3.63, 3.8) is 0 Å². The molecule has 2 rings (SSSR count). The maximum atomic E-state index is 11.2. The van der Waals surface area contributed by atoms with Crippen molar-refractivity contribution in [2.24, 2.45) is 0 Å². The first kappa shape index (κ1) is 14.2. The number of fused-ring (bicyclic) bond motifs is 1. The zero-order valence-corrected chi connectivity index (χ0v) is 11.4. The Balaban J connectivity index is 2.14. The van der Waals surface area contributed by atoms with Crippen LogP contribution in [0.4, 0.5) is 0 Å². The smallest absolute Gasteiger partial charge is 0.303 e. The fourth-order valence-electron chi connectivity index (χ4n) is 2.22. The molecule has 2 fully saturated rings. The average Bonchev–Trinajstić information content (AvgIpc) is 2.69. The average molecular weight is 270 g/mol. The van der Waals surface area contributed by atoms with E-state index >= 15 is 0 Å². The van der Waals surface area contributed by atoms with E-state index in [4.69, 9.17) is 18.9 Å². The minimum Gasteiger partial charge on any atom is -0.456 e. The van der Waals surface area contributed by atoms with Gasteiger partial charge in [-0.25, -0.2) is 0 Å². The fourth-order valence-corrected chi connectivity index (χ4v) is 2.22. The summed E-state index contributed by atoms with van der Waals surface area (Å²) >= 11 is 0. The number of allylic oxidation sites excluding steroid dienone is 1. The van der Waals surface area contributed by atoms with Crippen molar-refractivity contribution in [3.05, 3.63) is 12.2 Å². The van der Waals surface area contributed by atoms with Gasteiger partial charge in [0.25, 0.3) is 0 Å². The molecular weight excluding hydrogens is 252 g/mol. The Kier molecular flexibility index (Phi) is 3.75. The Morgan fingerprint density at radius 1 is 1.21 bits per heavy atom. The maximum absolute atomic E-state index is 11.2. The molecule has 6 heteroatoms. The van der Waals surface area contributed by atoms with Crippen molar-refractivity contribution < 1.29 is 28.5 Å². The minimum atomic E-state index is -0.775. The second-order valence-electron chi connectivity index (χ2n) is 5.11. The zero-order chi connectivity index (χ0) is 14.2. The molecule has 0 N–H and O–H groups in total. The molecule has 2 aliphatic rings. The summed E-state index contributed by atoms with van der Waals surface area (Å²) in [5.74, 6) is -1.31. The van der Waals surface area contributed by atoms with Gasteiger partial charge in [-0.2, -0.15) is 0 Å². The molecule has 0 radical (unpaired) electrons. The van der Waals surface area contributed by atoms with E-state index in [1.807, 2.05) is 0 Å². The molecule has 2 heterocycles. The first-order chi connectivity index (χ1) is 8.78. The van der Waals surface area contributed by atoms with Gasteiger partial charge in [0, 0.05) is 6.92 Å². The van der Waals surface area contributed by atoms with Crippen LogP contribution in [0.15, 0.2) is 12.2 Å². The monoisotopic (exact) mass is 270 g/mol. The number of carbonyl (C=O) groups is 2. The van der Waals surface area contributed by atoms with E-state index in [2.05, 4.69) is 0 Å². The van der Waals surface area contributed by atoms with Crippen LogP contribution >= 0.6 is 0 Å². The van der Waals surface area contributed by atoms with Crippen molar-refractivity contribution in [1.82, 2.24) is 0 Å². The molecule has 0 aromatic rings. The number of hydrogen-bond acceptors (Lipinski definition) is 6. The van der Waals surface area contributed by atoms with Gasteiger partial charge in [-0.05, 0) is 32.9 Å². The quantitative estimate of drug-likeness (QED) is 0.561. The van der Waals surface area contributed by atoms with E-state index in [0.29, 0.717) is 0 Å². The number of ether oxygens (including phenoxy) is 4. The van der Waals surface area contributed by atoms with E-state index in [-0.39, 0.29) is 5.78 Å². The van der Waals surface area contributed by atoms with Crippen LogP contribution in [0.1, 0.15) is 27.7 Å². The molecule has 0 aromatic carbocycles. The summed E-state index contributed by atoms with van der Waals surface area (Å²) in [7, 11) is 0. The van der Waals surface area contributed by atoms with Gasteiger partial charge in [-0.1, -0.05) is 0 Å². The third-order valence-electron chi connectivity index (χ3n) is 2.85. The number of esters is 1. The highest BCUT2D eigenvalue weighted by molar-refractivity contribution is 5.87. The van der Waals surface area contributed by atoms with Crippen molar-refractivity contribution >= 4 is 11.8 Å². The number of carbonyl (C=O) groups excluding carboxylic acids is 2. The number of rotatable bonds is 3. The Morgan fingerprint density at radius 3 is 2.47 bits per heavy atom. The molecule has 2 saturated heterocycles. The van der Waals surface area contributed by atoms with Crippen LogP contribution in [-0.2, 0) is 28.5 Å². The molecule has 0 spiro atoms. The van der Waals surface area contributed by atoms with E-state index in [1.54, 1.807) is 19.9 Å². The van der Waals surface area contributed by atoms with Crippen molar-refractivity contribution in [2.75, 3.05) is 0 Å². The van der Waals surface area contributed by atoms with Gasteiger partial charge < -0.3 is 18.9 Å². The summed E-state index contributed by atoms with van der Waals surface area (Å²) < 4.78 is 22.1. The SMILES string of the molecule is CC(=O)/C=C/[C@H]1O[C@@H]2OC(C)(C)O[C@@H]2[C@H]1OC(C)=O. The lowest BCUT2D eigenvalue weighted by atomic mass is 10.1. The zero-order valence-electron chi connectivity index (χ0n) is 11.4. The first-order valence-electron chi connectivity index (χ1n) is 6.15. The minimum absolute atomic E-state index is 0.107. The van der Waals surface area contributed by atoms with Crippen molar-refractivity contribution in [2.45, 2.75) is 58.1 Å². The van der Waals surface area contributed by atoms with Crippen LogP contribution in [0.3, 0.4) is 0 Å². The molecular formula is C13H18O6. The summed E-state index contributed by atoms with van der Waals surface area (Å²) in [6.45, 7) is 6.28. The molecule has 0 aliphatic carbocycles. The summed E-state index contributed by atoms with van der Waals surface area (Å²) in [6.07, 6.45) is 0.710. The maximum Gasteiger partial charge on any atom is 0.303 e. The topological polar surface area (TPSA) is 71.1 Å². The molecule has 0 amide bonds. The molecule has 0 unspecified atom stereocenters. The van der Waals surface area contributed by atoms with Gasteiger partial charge in [-0.15, -0.1) is 0 Å². The molecule has 6 nitrogen and oxygen atoms in total. The van der Waals surface area contributed by atoms with Crippen LogP contribution in [0.5, 0.6) is 0 Å². The second kappa shape index (κ2) is 5.03. The highest BCUT2D eigenvalue weighted by atomic mass is 16.8. The summed E-state index contributed by atoms with van der Waals surface area (Å²) in [4.78, 5) is 22.1. The second-order valence-corrected chi connectivity index (χ2v) is 5.11. The van der Waals surface area contributed by atoms with Gasteiger partial charge in [0.05, 0.1) is 0 Å². The standard InChI is InChI=1S/C13H18O6/c1-7(14)5-6-9-10(16-8(2)15)11-12(17-9)19-13(3,4)18-11/h5-6,9-12H,1-4H3/b6-5+/t9-,10+,11-,12-/m1/s1. The Labute approximate surface area is 111 Å².